The molecule has 0 spiro atoms. The summed E-state index contributed by atoms with van der Waals surface area (Å²) in [6.45, 7) is 0. The van der Waals surface area contributed by atoms with Crippen molar-refractivity contribution in [3.05, 3.63) is 20.8 Å². The minimum atomic E-state index is -0.0594. The van der Waals surface area contributed by atoms with Crippen LogP contribution in [-0.2, 0) is 0 Å². The Bertz CT molecular complexity index is 271. The molecule has 0 amide bonds. The van der Waals surface area contributed by atoms with E-state index in [0.717, 1.165) is 19.3 Å². The molecule has 0 radical (unpaired) electrons. The highest BCUT2D eigenvalue weighted by molar-refractivity contribution is 9.11. The second-order valence-electron chi connectivity index (χ2n) is 3.31. The number of thiophene rings is 1. The van der Waals surface area contributed by atoms with Gasteiger partial charge in [0.1, 0.15) is 0 Å². The van der Waals surface area contributed by atoms with Gasteiger partial charge in [-0.3, -0.25) is 0 Å². The zero-order valence-corrected chi connectivity index (χ0v) is 9.07. The molecule has 12 heavy (non-hydrogen) atoms. The van der Waals surface area contributed by atoms with Crippen LogP contribution in [0, 0.1) is 0 Å². The summed E-state index contributed by atoms with van der Waals surface area (Å²) in [4.78, 5) is 1.42. The Kier molecular flexibility index (Phi) is 2.53. The van der Waals surface area contributed by atoms with Gasteiger partial charge in [0.15, 0.2) is 0 Å². The molecule has 1 aromatic rings. The van der Waals surface area contributed by atoms with E-state index in [9.17, 15) is 5.11 Å². The lowest BCUT2D eigenvalue weighted by atomic mass is 10.1. The lowest BCUT2D eigenvalue weighted by molar-refractivity contribution is 0.181. The summed E-state index contributed by atoms with van der Waals surface area (Å²) in [5.74, 6) is 0.608. The summed E-state index contributed by atoms with van der Waals surface area (Å²) in [6, 6.07) is 4.25. The molecule has 0 aliphatic heterocycles. The number of hydrogen-bond acceptors (Lipinski definition) is 2. The maximum Gasteiger partial charge on any atom is 0.0701 e. The van der Waals surface area contributed by atoms with Crippen molar-refractivity contribution in [2.24, 2.45) is 0 Å². The first-order chi connectivity index (χ1) is 5.75. The molecule has 1 N–H and O–H groups in total. The van der Waals surface area contributed by atoms with Crippen molar-refractivity contribution in [1.82, 2.24) is 0 Å². The predicted octanol–water partition coefficient (Wildman–Crippen LogP) is 3.14. The molecule has 1 saturated carbocycles. The zero-order chi connectivity index (χ0) is 8.55. The normalized spacial score (nSPS) is 29.5. The van der Waals surface area contributed by atoms with E-state index >= 15 is 0 Å². The highest BCUT2D eigenvalue weighted by atomic mass is 79.9. The summed E-state index contributed by atoms with van der Waals surface area (Å²) < 4.78 is 1.19. The lowest BCUT2D eigenvalue weighted by Gasteiger charge is -2.04. The van der Waals surface area contributed by atoms with Crippen molar-refractivity contribution < 1.29 is 5.11 Å². The van der Waals surface area contributed by atoms with E-state index in [1.54, 1.807) is 11.3 Å². The number of hydrogen-bond donors (Lipinski definition) is 1. The lowest BCUT2D eigenvalue weighted by Crippen LogP contribution is -1.98. The Balaban J connectivity index is 2.11. The SMILES string of the molecule is OC1CCC(c2ccc(Br)s2)C1. The van der Waals surface area contributed by atoms with Crippen LogP contribution in [0.25, 0.3) is 0 Å². The number of halogens is 1. The van der Waals surface area contributed by atoms with Gasteiger partial charge in [-0.05, 0) is 53.2 Å². The van der Waals surface area contributed by atoms with Crippen LogP contribution in [0.1, 0.15) is 30.1 Å². The Morgan fingerprint density at radius 1 is 1.42 bits per heavy atom. The second-order valence-corrected chi connectivity index (χ2v) is 5.80. The molecule has 1 aliphatic carbocycles. The molecule has 1 fully saturated rings. The molecule has 1 aliphatic rings. The summed E-state index contributed by atoms with van der Waals surface area (Å²) >= 11 is 5.24. The van der Waals surface area contributed by atoms with E-state index in [1.807, 2.05) is 0 Å². The van der Waals surface area contributed by atoms with Gasteiger partial charge in [-0.25, -0.2) is 0 Å². The molecule has 0 saturated heterocycles. The van der Waals surface area contributed by atoms with Crippen LogP contribution in [0.2, 0.25) is 0 Å². The monoisotopic (exact) mass is 246 g/mol. The summed E-state index contributed by atoms with van der Waals surface area (Å²) in [6.07, 6.45) is 3.01. The summed E-state index contributed by atoms with van der Waals surface area (Å²) in [5, 5.41) is 9.36. The van der Waals surface area contributed by atoms with Gasteiger partial charge in [0.25, 0.3) is 0 Å². The Morgan fingerprint density at radius 2 is 2.25 bits per heavy atom. The van der Waals surface area contributed by atoms with Gasteiger partial charge in [-0.15, -0.1) is 11.3 Å². The summed E-state index contributed by atoms with van der Waals surface area (Å²) in [7, 11) is 0. The molecule has 2 atom stereocenters. The van der Waals surface area contributed by atoms with E-state index in [-0.39, 0.29) is 6.10 Å². The molecule has 0 aromatic carbocycles. The van der Waals surface area contributed by atoms with Crippen molar-refractivity contribution in [3.63, 3.8) is 0 Å². The molecule has 2 rings (SSSR count). The molecule has 3 heteroatoms. The van der Waals surface area contributed by atoms with Crippen molar-refractivity contribution in [1.29, 1.82) is 0 Å². The van der Waals surface area contributed by atoms with Crippen molar-refractivity contribution >= 4 is 27.3 Å². The highest BCUT2D eigenvalue weighted by Gasteiger charge is 2.24. The zero-order valence-electron chi connectivity index (χ0n) is 6.66. The van der Waals surface area contributed by atoms with Crippen molar-refractivity contribution in [3.8, 4) is 0 Å². The molecule has 1 aromatic heterocycles. The largest absolute Gasteiger partial charge is 0.393 e. The van der Waals surface area contributed by atoms with Crippen LogP contribution in [0.4, 0.5) is 0 Å². The third-order valence-corrected chi connectivity index (χ3v) is 4.19. The van der Waals surface area contributed by atoms with E-state index < -0.39 is 0 Å². The molecule has 0 bridgehead atoms. The minimum Gasteiger partial charge on any atom is -0.393 e. The van der Waals surface area contributed by atoms with E-state index in [0.29, 0.717) is 5.92 Å². The van der Waals surface area contributed by atoms with Gasteiger partial charge < -0.3 is 5.11 Å². The first kappa shape index (κ1) is 8.73. The van der Waals surface area contributed by atoms with Crippen molar-refractivity contribution in [2.75, 3.05) is 0 Å². The van der Waals surface area contributed by atoms with Gasteiger partial charge in [0.2, 0.25) is 0 Å². The molecule has 66 valence electrons. The molecular formula is C9H11BrOS. The highest BCUT2D eigenvalue weighted by Crippen LogP contribution is 2.38. The average molecular weight is 247 g/mol. The second kappa shape index (κ2) is 3.48. The summed E-state index contributed by atoms with van der Waals surface area (Å²) in [5.41, 5.74) is 0. The topological polar surface area (TPSA) is 20.2 Å². The Hall–Kier alpha value is 0.140. The maximum atomic E-state index is 9.36. The molecule has 1 heterocycles. The van der Waals surface area contributed by atoms with Crippen molar-refractivity contribution in [2.45, 2.75) is 31.3 Å². The Labute approximate surface area is 84.6 Å². The fourth-order valence-corrected chi connectivity index (χ4v) is 3.33. The Morgan fingerprint density at radius 3 is 2.75 bits per heavy atom. The van der Waals surface area contributed by atoms with E-state index in [1.165, 1.54) is 8.66 Å². The van der Waals surface area contributed by atoms with E-state index in [4.69, 9.17) is 0 Å². The van der Waals surface area contributed by atoms with Gasteiger partial charge >= 0.3 is 0 Å². The van der Waals surface area contributed by atoms with Crippen LogP contribution in [0.5, 0.6) is 0 Å². The van der Waals surface area contributed by atoms with E-state index in [2.05, 4.69) is 28.1 Å². The third kappa shape index (κ3) is 1.73. The third-order valence-electron chi connectivity index (χ3n) is 2.40. The van der Waals surface area contributed by atoms with Gasteiger partial charge in [-0.2, -0.15) is 0 Å². The van der Waals surface area contributed by atoms with Gasteiger partial charge in [-0.1, -0.05) is 0 Å². The minimum absolute atomic E-state index is 0.0594. The average Bonchev–Trinajstić information content (AvgIpc) is 2.58. The predicted molar refractivity (Wildman–Crippen MR) is 54.6 cm³/mol. The fourth-order valence-electron chi connectivity index (χ4n) is 1.76. The molecule has 1 nitrogen and oxygen atoms in total. The van der Waals surface area contributed by atoms with Gasteiger partial charge in [0.05, 0.1) is 9.89 Å². The van der Waals surface area contributed by atoms with Crippen LogP contribution < -0.4 is 0 Å². The number of aliphatic hydroxyl groups is 1. The van der Waals surface area contributed by atoms with Crippen LogP contribution >= 0.6 is 27.3 Å². The smallest absolute Gasteiger partial charge is 0.0701 e. The number of aliphatic hydroxyl groups excluding tert-OH is 1. The quantitative estimate of drug-likeness (QED) is 0.808. The van der Waals surface area contributed by atoms with Crippen LogP contribution in [0.3, 0.4) is 0 Å². The first-order valence-corrected chi connectivity index (χ1v) is 5.80. The maximum absolute atomic E-state index is 9.36. The first-order valence-electron chi connectivity index (χ1n) is 4.19. The molecular weight excluding hydrogens is 236 g/mol. The number of rotatable bonds is 1. The standard InChI is InChI=1S/C9H11BrOS/c10-9-4-3-8(12-9)6-1-2-7(11)5-6/h3-4,6-7,11H,1-2,5H2. The van der Waals surface area contributed by atoms with Crippen LogP contribution in [-0.4, -0.2) is 11.2 Å². The van der Waals surface area contributed by atoms with Crippen LogP contribution in [0.15, 0.2) is 15.9 Å². The molecule has 2 unspecified atom stereocenters. The van der Waals surface area contributed by atoms with Gasteiger partial charge in [0, 0.05) is 4.88 Å². The fraction of sp³-hybridized carbons (Fsp3) is 0.556.